The van der Waals surface area contributed by atoms with E-state index in [1.165, 1.54) is 17.4 Å². The molecule has 3 rings (SSSR count). The number of carbonyl (C=O) groups is 2. The predicted octanol–water partition coefficient (Wildman–Crippen LogP) is 7.41. The summed E-state index contributed by atoms with van der Waals surface area (Å²) in [6.45, 7) is 6.19. The number of oxazole rings is 1. The second-order valence-electron chi connectivity index (χ2n) is 10.2. The van der Waals surface area contributed by atoms with Crippen LogP contribution in [-0.2, 0) is 33.4 Å². The van der Waals surface area contributed by atoms with Gasteiger partial charge in [0, 0.05) is 30.4 Å². The van der Waals surface area contributed by atoms with Gasteiger partial charge in [-0.25, -0.2) is 9.97 Å². The van der Waals surface area contributed by atoms with Crippen LogP contribution in [0.3, 0.4) is 0 Å². The van der Waals surface area contributed by atoms with E-state index in [0.29, 0.717) is 36.0 Å². The lowest BCUT2D eigenvalue weighted by molar-refractivity contribution is -0.137. The molecular weight excluding hydrogens is 549 g/mol. The van der Waals surface area contributed by atoms with Crippen molar-refractivity contribution in [2.75, 3.05) is 11.1 Å². The molecule has 7 nitrogen and oxygen atoms in total. The molecule has 3 N–H and O–H groups in total. The number of Topliss-reactive ketones (excluding diaryl/α,β-unsaturated/α-hetero) is 1. The van der Waals surface area contributed by atoms with Crippen molar-refractivity contribution < 1.29 is 27.2 Å². The van der Waals surface area contributed by atoms with Crippen LogP contribution < -0.4 is 11.1 Å². The first-order valence-electron chi connectivity index (χ1n) is 12.6. The number of nitrogens with two attached hydrogens (primary N) is 1. The molecule has 212 valence electrons. The topological polar surface area (TPSA) is 111 Å². The highest BCUT2D eigenvalue weighted by Gasteiger charge is 2.31. The highest BCUT2D eigenvalue weighted by molar-refractivity contribution is 8.00. The third-order valence-corrected chi connectivity index (χ3v) is 7.92. The van der Waals surface area contributed by atoms with Crippen molar-refractivity contribution in [2.24, 2.45) is 0 Å². The maximum atomic E-state index is 12.9. The minimum atomic E-state index is -4.48. The largest absolute Gasteiger partial charge is 0.444 e. The zero-order valence-corrected chi connectivity index (χ0v) is 23.8. The van der Waals surface area contributed by atoms with Gasteiger partial charge < -0.3 is 15.5 Å². The Labute approximate surface area is 234 Å². The number of alkyl halides is 3. The fraction of sp³-hybridized carbons (Fsp3) is 0.481. The number of aromatic nitrogens is 2. The van der Waals surface area contributed by atoms with Gasteiger partial charge in [-0.15, -0.1) is 11.8 Å². The summed E-state index contributed by atoms with van der Waals surface area (Å²) in [7, 11) is 0. The average Bonchev–Trinajstić information content (AvgIpc) is 3.50. The van der Waals surface area contributed by atoms with Crippen molar-refractivity contribution in [3.05, 3.63) is 53.4 Å². The van der Waals surface area contributed by atoms with E-state index in [1.807, 2.05) is 0 Å². The van der Waals surface area contributed by atoms with E-state index in [2.05, 4.69) is 36.1 Å². The van der Waals surface area contributed by atoms with Crippen LogP contribution in [0.5, 0.6) is 0 Å². The van der Waals surface area contributed by atoms with Crippen LogP contribution >= 0.6 is 23.1 Å². The van der Waals surface area contributed by atoms with E-state index in [4.69, 9.17) is 10.2 Å². The molecule has 1 aromatic carbocycles. The van der Waals surface area contributed by atoms with E-state index in [-0.39, 0.29) is 41.2 Å². The molecule has 0 aliphatic rings. The lowest BCUT2D eigenvalue weighted by Gasteiger charge is -2.12. The van der Waals surface area contributed by atoms with Crippen molar-refractivity contribution in [1.29, 1.82) is 0 Å². The Hall–Kier alpha value is -2.86. The summed E-state index contributed by atoms with van der Waals surface area (Å²) in [5, 5.41) is 3.34. The van der Waals surface area contributed by atoms with Crippen LogP contribution in [0.25, 0.3) is 0 Å². The maximum Gasteiger partial charge on any atom is 0.416 e. The molecule has 12 heteroatoms. The number of amides is 1. The van der Waals surface area contributed by atoms with Crippen molar-refractivity contribution in [3.63, 3.8) is 0 Å². The summed E-state index contributed by atoms with van der Waals surface area (Å²) in [5.74, 6) is 1.77. The van der Waals surface area contributed by atoms with Crippen LogP contribution in [0.1, 0.15) is 82.1 Å². The molecule has 0 aliphatic carbocycles. The Bertz CT molecular complexity index is 1270. The second kappa shape index (κ2) is 13.5. The smallest absolute Gasteiger partial charge is 0.416 e. The zero-order chi connectivity index (χ0) is 28.6. The monoisotopic (exact) mass is 582 g/mol. The van der Waals surface area contributed by atoms with Crippen molar-refractivity contribution in [1.82, 2.24) is 9.97 Å². The zero-order valence-electron chi connectivity index (χ0n) is 22.2. The van der Waals surface area contributed by atoms with E-state index in [0.717, 1.165) is 34.9 Å². The van der Waals surface area contributed by atoms with Gasteiger partial charge in [-0.1, -0.05) is 44.9 Å². The lowest BCUT2D eigenvalue weighted by Crippen LogP contribution is -2.11. The number of rotatable bonds is 13. The third-order valence-electron chi connectivity index (χ3n) is 5.83. The first-order chi connectivity index (χ1) is 18.3. The number of nitrogens with one attached hydrogen (secondary N) is 1. The van der Waals surface area contributed by atoms with Gasteiger partial charge >= 0.3 is 6.18 Å². The summed E-state index contributed by atoms with van der Waals surface area (Å²) in [4.78, 5) is 33.0. The van der Waals surface area contributed by atoms with Crippen LogP contribution in [0, 0.1) is 0 Å². The number of hydrogen-bond acceptors (Lipinski definition) is 8. The van der Waals surface area contributed by atoms with Crippen LogP contribution in [0.15, 0.2) is 39.2 Å². The number of anilines is 2. The molecule has 0 radical (unpaired) electrons. The van der Waals surface area contributed by atoms with Crippen LogP contribution in [0.2, 0.25) is 0 Å². The van der Waals surface area contributed by atoms with E-state index < -0.39 is 11.7 Å². The number of ketones is 1. The molecule has 0 unspecified atom stereocenters. The number of halogens is 3. The van der Waals surface area contributed by atoms with Gasteiger partial charge in [0.1, 0.15) is 11.5 Å². The maximum absolute atomic E-state index is 12.9. The van der Waals surface area contributed by atoms with Crippen LogP contribution in [0.4, 0.5) is 24.0 Å². The lowest BCUT2D eigenvalue weighted by atomic mass is 9.94. The molecule has 0 saturated heterocycles. The molecule has 0 bridgehead atoms. The number of thiazole rings is 1. The fourth-order valence-corrected chi connectivity index (χ4v) is 5.36. The highest BCUT2D eigenvalue weighted by atomic mass is 32.2. The summed E-state index contributed by atoms with van der Waals surface area (Å²) in [6.07, 6.45) is 2.23. The van der Waals surface area contributed by atoms with Gasteiger partial charge in [0.2, 0.25) is 11.8 Å². The van der Waals surface area contributed by atoms with Crippen molar-refractivity contribution in [2.45, 2.75) is 87.3 Å². The van der Waals surface area contributed by atoms with E-state index in [9.17, 15) is 22.8 Å². The minimum absolute atomic E-state index is 0.0973. The molecule has 2 heterocycles. The van der Waals surface area contributed by atoms with Gasteiger partial charge in [0.15, 0.2) is 5.13 Å². The summed E-state index contributed by atoms with van der Waals surface area (Å²) in [5.41, 5.74) is 5.21. The Morgan fingerprint density at radius 3 is 2.44 bits per heavy atom. The van der Waals surface area contributed by atoms with Gasteiger partial charge in [-0.2, -0.15) is 13.2 Å². The molecule has 2 aromatic heterocycles. The number of hydrogen-bond donors (Lipinski definition) is 2. The van der Waals surface area contributed by atoms with Gasteiger partial charge in [-0.05, 0) is 36.6 Å². The molecule has 0 saturated carbocycles. The molecule has 0 atom stereocenters. The number of carbonyl (C=O) groups excluding carboxylic acids is 2. The Morgan fingerprint density at radius 2 is 1.77 bits per heavy atom. The Kier molecular flexibility index (Phi) is 10.6. The molecule has 3 aromatic rings. The number of unbranched alkanes of at least 4 members (excludes halogenated alkanes) is 3. The molecule has 0 spiro atoms. The Balaban J connectivity index is 1.30. The van der Waals surface area contributed by atoms with Gasteiger partial charge in [-0.3, -0.25) is 9.59 Å². The quantitative estimate of drug-likeness (QED) is 0.123. The normalized spacial score (nSPS) is 12.1. The minimum Gasteiger partial charge on any atom is -0.444 e. The third kappa shape index (κ3) is 9.99. The number of nitrogens with zero attached hydrogens (tertiary/aromatic N) is 2. The highest BCUT2D eigenvalue weighted by Crippen LogP contribution is 2.33. The second-order valence-corrected chi connectivity index (χ2v) is 12.5. The van der Waals surface area contributed by atoms with E-state index >= 15 is 0 Å². The standard InChI is InChI=1S/C27H33F3N4O3S2/c1-26(2,3)21-14-32-23(37-21)16-38-24-15-33-25(39-24)34-22(36)9-7-5-4-6-8-19(35)13-17-12-18(27(28,29)30)10-11-20(17)31/h10-12,14-15H,4-9,13,16,31H2,1-3H3,(H,33,34,36). The number of thioether (sulfide) groups is 1. The number of nitrogen functional groups attached to an aromatic ring is 1. The molecular formula is C27H33F3N4O3S2. The fourth-order valence-electron chi connectivity index (χ4n) is 3.62. The van der Waals surface area contributed by atoms with Crippen molar-refractivity contribution in [3.8, 4) is 0 Å². The summed E-state index contributed by atoms with van der Waals surface area (Å²) >= 11 is 2.93. The Morgan fingerprint density at radius 1 is 1.05 bits per heavy atom. The SMILES string of the molecule is CC(C)(C)c1cnc(CSc2cnc(NC(=O)CCCCCCC(=O)Cc3cc(C(F)(F)F)ccc3N)s2)o1. The van der Waals surface area contributed by atoms with E-state index in [1.54, 1.807) is 24.2 Å². The van der Waals surface area contributed by atoms with Crippen molar-refractivity contribution >= 4 is 45.6 Å². The average molecular weight is 583 g/mol. The first kappa shape index (κ1) is 30.7. The predicted molar refractivity (Wildman–Crippen MR) is 148 cm³/mol. The summed E-state index contributed by atoms with van der Waals surface area (Å²) < 4.78 is 45.4. The molecule has 0 aliphatic heterocycles. The number of benzene rings is 1. The molecule has 39 heavy (non-hydrogen) atoms. The first-order valence-corrected chi connectivity index (χ1v) is 14.4. The van der Waals surface area contributed by atoms with Gasteiger partial charge in [0.05, 0.1) is 27.9 Å². The molecule has 0 fully saturated rings. The molecule has 1 amide bonds. The van der Waals surface area contributed by atoms with Gasteiger partial charge in [0.25, 0.3) is 0 Å². The van der Waals surface area contributed by atoms with Crippen LogP contribution in [-0.4, -0.2) is 21.7 Å². The summed E-state index contributed by atoms with van der Waals surface area (Å²) in [6, 6.07) is 3.03.